The number of halogens is 1. The van der Waals surface area contributed by atoms with Crippen molar-refractivity contribution in [3.05, 3.63) is 34.7 Å². The van der Waals surface area contributed by atoms with Crippen LogP contribution in [-0.2, 0) is 6.54 Å². The Morgan fingerprint density at radius 1 is 1.45 bits per heavy atom. The standard InChI is InChI=1S/C12H9BrN6O/c13-8-5-7-6-15-12(16-9-1-4-20-18-9)17-10(7)19-3-2-14-11(8)19/h1,4-6,14H,2-3H2. The van der Waals surface area contributed by atoms with Gasteiger partial charge in [0.25, 0.3) is 5.62 Å². The zero-order valence-corrected chi connectivity index (χ0v) is 11.8. The third-order valence-electron chi connectivity index (χ3n) is 3.08. The van der Waals surface area contributed by atoms with E-state index in [9.17, 15) is 0 Å². The van der Waals surface area contributed by atoms with Gasteiger partial charge in [0.1, 0.15) is 17.9 Å². The highest BCUT2D eigenvalue weighted by Crippen LogP contribution is 2.32. The highest BCUT2D eigenvalue weighted by atomic mass is 79.9. The molecule has 20 heavy (non-hydrogen) atoms. The molecule has 3 aliphatic heterocycles. The molecular weight excluding hydrogens is 324 g/mol. The van der Waals surface area contributed by atoms with Crippen LogP contribution in [0.15, 0.2) is 38.6 Å². The lowest BCUT2D eigenvalue weighted by atomic mass is 10.2. The van der Waals surface area contributed by atoms with Gasteiger partial charge in [-0.05, 0) is 22.0 Å². The van der Waals surface area contributed by atoms with Gasteiger partial charge in [0.15, 0.2) is 5.82 Å². The maximum absolute atomic E-state index is 4.74. The summed E-state index contributed by atoms with van der Waals surface area (Å²) in [5.41, 5.74) is 1.33. The second-order valence-electron chi connectivity index (χ2n) is 4.34. The molecule has 7 nitrogen and oxygen atoms in total. The average molecular weight is 333 g/mol. The predicted octanol–water partition coefficient (Wildman–Crippen LogP) is 1.79. The molecular formula is C12H9BrN6O. The van der Waals surface area contributed by atoms with Crippen molar-refractivity contribution in [2.45, 2.75) is 6.54 Å². The van der Waals surface area contributed by atoms with Crippen LogP contribution < -0.4 is 10.9 Å². The molecule has 0 spiro atoms. The summed E-state index contributed by atoms with van der Waals surface area (Å²) in [7, 11) is 0. The number of anilines is 1. The Balaban J connectivity index is 1.96. The molecule has 100 valence electrons. The summed E-state index contributed by atoms with van der Waals surface area (Å²) < 4.78 is 7.86. The Hall–Kier alpha value is -2.22. The lowest BCUT2D eigenvalue weighted by Crippen LogP contribution is -2.17. The molecule has 0 aliphatic carbocycles. The molecule has 0 atom stereocenters. The molecule has 0 fully saturated rings. The first kappa shape index (κ1) is 11.6. The van der Waals surface area contributed by atoms with Crippen molar-refractivity contribution in [1.29, 1.82) is 0 Å². The van der Waals surface area contributed by atoms with Crippen LogP contribution in [0.4, 0.5) is 11.6 Å². The number of nitrogens with one attached hydrogen (secondary N) is 1. The van der Waals surface area contributed by atoms with Crippen LogP contribution >= 0.6 is 15.9 Å². The molecule has 0 amide bonds. The summed E-state index contributed by atoms with van der Waals surface area (Å²) in [6.07, 6.45) is 3.23. The largest absolute Gasteiger partial charge is 0.369 e. The number of rotatable bonds is 1. The Kier molecular flexibility index (Phi) is 2.56. The summed E-state index contributed by atoms with van der Waals surface area (Å²) in [4.78, 5) is 13.0. The van der Waals surface area contributed by atoms with Gasteiger partial charge in [-0.1, -0.05) is 5.16 Å². The third-order valence-corrected chi connectivity index (χ3v) is 3.69. The highest BCUT2D eigenvalue weighted by Gasteiger charge is 2.19. The molecule has 1 aromatic rings. The minimum Gasteiger partial charge on any atom is -0.369 e. The number of nitrogens with zero attached hydrogens (tertiary/aromatic N) is 5. The first-order chi connectivity index (χ1) is 9.81. The number of pyridine rings is 1. The molecule has 3 aliphatic rings. The summed E-state index contributed by atoms with van der Waals surface area (Å²) >= 11 is 3.55. The van der Waals surface area contributed by atoms with Crippen molar-refractivity contribution < 1.29 is 4.52 Å². The second kappa shape index (κ2) is 4.41. The molecule has 1 aromatic heterocycles. The van der Waals surface area contributed by atoms with Crippen molar-refractivity contribution in [2.75, 3.05) is 11.9 Å². The molecule has 4 heterocycles. The molecule has 8 heteroatoms. The van der Waals surface area contributed by atoms with E-state index < -0.39 is 0 Å². The predicted molar refractivity (Wildman–Crippen MR) is 74.6 cm³/mol. The maximum atomic E-state index is 4.74. The van der Waals surface area contributed by atoms with E-state index >= 15 is 0 Å². The Labute approximate surface area is 121 Å². The van der Waals surface area contributed by atoms with Gasteiger partial charge >= 0.3 is 0 Å². The van der Waals surface area contributed by atoms with E-state index in [0.29, 0.717) is 11.4 Å². The number of hydrogen-bond donors (Lipinski definition) is 1. The van der Waals surface area contributed by atoms with Gasteiger partial charge in [0.2, 0.25) is 0 Å². The first-order valence-corrected chi connectivity index (χ1v) is 6.86. The first-order valence-electron chi connectivity index (χ1n) is 6.06. The second-order valence-corrected chi connectivity index (χ2v) is 5.19. The fourth-order valence-corrected chi connectivity index (χ4v) is 2.84. The van der Waals surface area contributed by atoms with Gasteiger partial charge < -0.3 is 14.4 Å². The van der Waals surface area contributed by atoms with E-state index in [4.69, 9.17) is 4.52 Å². The monoisotopic (exact) mass is 332 g/mol. The topological polar surface area (TPSA) is 81.1 Å². The molecule has 0 saturated heterocycles. The van der Waals surface area contributed by atoms with Crippen LogP contribution in [0.25, 0.3) is 11.4 Å². The minimum absolute atomic E-state index is 0.371. The lowest BCUT2D eigenvalue weighted by molar-refractivity contribution is 0.421. The van der Waals surface area contributed by atoms with E-state index in [-0.39, 0.29) is 0 Å². The number of hydrogen-bond acceptors (Lipinski definition) is 6. The number of fused-ring (bicyclic) bond motifs is 3. The SMILES string of the molecule is Brc1cc2cnc(=Nc3ccon3)nc-2n2c1NCC2. The highest BCUT2D eigenvalue weighted by molar-refractivity contribution is 9.10. The van der Waals surface area contributed by atoms with Gasteiger partial charge in [-0.15, -0.1) is 0 Å². The van der Waals surface area contributed by atoms with Gasteiger partial charge in [0, 0.05) is 30.9 Å². The average Bonchev–Trinajstić information content (AvgIpc) is 3.10. The van der Waals surface area contributed by atoms with Crippen molar-refractivity contribution in [3.8, 4) is 11.4 Å². The maximum Gasteiger partial charge on any atom is 0.253 e. The third kappa shape index (κ3) is 1.80. The van der Waals surface area contributed by atoms with E-state index in [2.05, 4.69) is 45.9 Å². The smallest absolute Gasteiger partial charge is 0.253 e. The molecule has 4 rings (SSSR count). The van der Waals surface area contributed by atoms with Gasteiger partial charge in [-0.2, -0.15) is 9.98 Å². The summed E-state index contributed by atoms with van der Waals surface area (Å²) in [5.74, 6) is 2.34. The Morgan fingerprint density at radius 3 is 3.25 bits per heavy atom. The van der Waals surface area contributed by atoms with E-state index in [1.807, 2.05) is 6.07 Å². The minimum atomic E-state index is 0.371. The molecule has 0 unspecified atom stereocenters. The van der Waals surface area contributed by atoms with Crippen LogP contribution in [-0.4, -0.2) is 26.2 Å². The number of aromatic nitrogens is 4. The van der Waals surface area contributed by atoms with Crippen LogP contribution in [0.3, 0.4) is 0 Å². The van der Waals surface area contributed by atoms with Crippen LogP contribution in [0.5, 0.6) is 0 Å². The molecule has 0 bridgehead atoms. The summed E-state index contributed by atoms with van der Waals surface area (Å²) in [6.45, 7) is 1.75. The zero-order valence-electron chi connectivity index (χ0n) is 10.2. The zero-order chi connectivity index (χ0) is 13.5. The Bertz CT molecular complexity index is 809. The molecule has 1 N–H and O–H groups in total. The van der Waals surface area contributed by atoms with E-state index in [1.165, 1.54) is 6.26 Å². The van der Waals surface area contributed by atoms with Crippen LogP contribution in [0.1, 0.15) is 0 Å². The molecule has 0 aromatic carbocycles. The summed E-state index contributed by atoms with van der Waals surface area (Å²) in [5, 5.41) is 7.05. The van der Waals surface area contributed by atoms with Crippen LogP contribution in [0.2, 0.25) is 0 Å². The molecule has 0 radical (unpaired) electrons. The van der Waals surface area contributed by atoms with Crippen molar-refractivity contribution in [2.24, 2.45) is 4.99 Å². The van der Waals surface area contributed by atoms with Crippen LogP contribution in [0, 0.1) is 0 Å². The summed E-state index contributed by atoms with van der Waals surface area (Å²) in [6, 6.07) is 3.66. The van der Waals surface area contributed by atoms with E-state index in [1.54, 1.807) is 12.3 Å². The Morgan fingerprint density at radius 2 is 2.40 bits per heavy atom. The normalized spacial score (nSPS) is 14.6. The van der Waals surface area contributed by atoms with Gasteiger partial charge in [-0.3, -0.25) is 0 Å². The van der Waals surface area contributed by atoms with Crippen molar-refractivity contribution in [1.82, 2.24) is 19.7 Å². The lowest BCUT2D eigenvalue weighted by Gasteiger charge is -2.13. The molecule has 0 saturated carbocycles. The van der Waals surface area contributed by atoms with Gasteiger partial charge in [-0.25, -0.2) is 4.98 Å². The van der Waals surface area contributed by atoms with Crippen molar-refractivity contribution in [3.63, 3.8) is 0 Å². The van der Waals surface area contributed by atoms with Gasteiger partial charge in [0.05, 0.1) is 4.47 Å². The fourth-order valence-electron chi connectivity index (χ4n) is 2.23. The quantitative estimate of drug-likeness (QED) is 0.734. The van der Waals surface area contributed by atoms with E-state index in [0.717, 1.165) is 34.8 Å². The van der Waals surface area contributed by atoms with Crippen molar-refractivity contribution >= 4 is 27.6 Å². The fraction of sp³-hybridized carbons (Fsp3) is 0.167.